The van der Waals surface area contributed by atoms with Crippen LogP contribution in [-0.4, -0.2) is 32.9 Å². The van der Waals surface area contributed by atoms with Crippen LogP contribution in [0.2, 0.25) is 0 Å². The first-order valence-electron chi connectivity index (χ1n) is 6.80. The summed E-state index contributed by atoms with van der Waals surface area (Å²) in [5, 5.41) is 4.80. The van der Waals surface area contributed by atoms with Gasteiger partial charge in [-0.15, -0.1) is 11.3 Å². The molecule has 1 aromatic heterocycles. The summed E-state index contributed by atoms with van der Waals surface area (Å²) in [5.74, 6) is 0.537. The molecule has 1 aromatic rings. The minimum absolute atomic E-state index is 0.458. The molecule has 0 amide bonds. The Kier molecular flexibility index (Phi) is 5.00. The maximum absolute atomic E-state index is 12.5. The first kappa shape index (κ1) is 15.0. The van der Waals surface area contributed by atoms with E-state index in [2.05, 4.69) is 12.2 Å². The summed E-state index contributed by atoms with van der Waals surface area (Å²) in [6, 6.07) is 1.80. The van der Waals surface area contributed by atoms with Gasteiger partial charge in [0.15, 0.2) is 0 Å². The molecule has 6 heteroatoms. The Morgan fingerprint density at radius 1 is 1.53 bits per heavy atom. The van der Waals surface area contributed by atoms with Crippen molar-refractivity contribution in [1.29, 1.82) is 0 Å². The van der Waals surface area contributed by atoms with E-state index < -0.39 is 10.0 Å². The van der Waals surface area contributed by atoms with Gasteiger partial charge in [0.1, 0.15) is 0 Å². The van der Waals surface area contributed by atoms with Gasteiger partial charge < -0.3 is 5.32 Å². The van der Waals surface area contributed by atoms with Crippen LogP contribution < -0.4 is 5.32 Å². The summed E-state index contributed by atoms with van der Waals surface area (Å²) in [4.78, 5) is 1.52. The summed E-state index contributed by atoms with van der Waals surface area (Å²) in [7, 11) is -1.41. The fourth-order valence-corrected chi connectivity index (χ4v) is 5.38. The van der Waals surface area contributed by atoms with E-state index in [0.29, 0.717) is 23.9 Å². The van der Waals surface area contributed by atoms with Crippen molar-refractivity contribution in [2.24, 2.45) is 5.92 Å². The lowest BCUT2D eigenvalue weighted by Crippen LogP contribution is -2.28. The van der Waals surface area contributed by atoms with Crippen LogP contribution in [0, 0.1) is 5.92 Å². The summed E-state index contributed by atoms with van der Waals surface area (Å²) in [6.07, 6.45) is 3.25. The van der Waals surface area contributed by atoms with Gasteiger partial charge in [-0.25, -0.2) is 8.42 Å². The van der Waals surface area contributed by atoms with E-state index >= 15 is 0 Å². The quantitative estimate of drug-likeness (QED) is 0.877. The van der Waals surface area contributed by atoms with Crippen LogP contribution in [-0.2, 0) is 16.6 Å². The normalized spacial score (nSPS) is 21.1. The van der Waals surface area contributed by atoms with Gasteiger partial charge in [-0.1, -0.05) is 13.3 Å². The van der Waals surface area contributed by atoms with Crippen molar-refractivity contribution in [2.45, 2.75) is 37.6 Å². The van der Waals surface area contributed by atoms with Gasteiger partial charge in [-0.3, -0.25) is 0 Å². The third-order valence-electron chi connectivity index (χ3n) is 3.56. The SMILES string of the molecule is CCCC1CCN(S(=O)(=O)c2csc(CNC)c2)C1. The third-order valence-corrected chi connectivity index (χ3v) is 6.49. The molecule has 1 N–H and O–H groups in total. The van der Waals surface area contributed by atoms with Gasteiger partial charge in [0, 0.05) is 29.9 Å². The molecule has 19 heavy (non-hydrogen) atoms. The Balaban J connectivity index is 2.09. The smallest absolute Gasteiger partial charge is 0.243 e. The molecule has 1 atom stereocenters. The molecule has 1 fully saturated rings. The molecule has 0 aromatic carbocycles. The zero-order chi connectivity index (χ0) is 13.9. The molecule has 108 valence electrons. The Morgan fingerprint density at radius 2 is 2.32 bits per heavy atom. The number of nitrogens with zero attached hydrogens (tertiary/aromatic N) is 1. The maximum atomic E-state index is 12.5. The molecule has 2 rings (SSSR count). The zero-order valence-corrected chi connectivity index (χ0v) is 13.2. The highest BCUT2D eigenvalue weighted by Gasteiger charge is 2.32. The number of rotatable bonds is 6. The third kappa shape index (κ3) is 3.37. The topological polar surface area (TPSA) is 49.4 Å². The molecule has 1 aliphatic rings. The Hall–Kier alpha value is -0.430. The monoisotopic (exact) mass is 302 g/mol. The van der Waals surface area contributed by atoms with Gasteiger partial charge in [-0.05, 0) is 31.9 Å². The van der Waals surface area contributed by atoms with Crippen molar-refractivity contribution in [1.82, 2.24) is 9.62 Å². The second-order valence-electron chi connectivity index (χ2n) is 5.09. The fraction of sp³-hybridized carbons (Fsp3) is 0.692. The molecule has 0 saturated carbocycles. The summed E-state index contributed by atoms with van der Waals surface area (Å²) < 4.78 is 26.7. The van der Waals surface area contributed by atoms with E-state index in [-0.39, 0.29) is 0 Å². The Bertz CT molecular complexity index is 510. The van der Waals surface area contributed by atoms with Crippen LogP contribution in [0.3, 0.4) is 0 Å². The average Bonchev–Trinajstić information content (AvgIpc) is 2.99. The van der Waals surface area contributed by atoms with Crippen molar-refractivity contribution >= 4 is 21.4 Å². The van der Waals surface area contributed by atoms with Gasteiger partial charge in [0.25, 0.3) is 0 Å². The minimum Gasteiger partial charge on any atom is -0.315 e. The summed E-state index contributed by atoms with van der Waals surface area (Å²) in [6.45, 7) is 4.23. The molecule has 0 bridgehead atoms. The highest BCUT2D eigenvalue weighted by molar-refractivity contribution is 7.89. The van der Waals surface area contributed by atoms with Gasteiger partial charge in [-0.2, -0.15) is 4.31 Å². The number of hydrogen-bond donors (Lipinski definition) is 1. The molecule has 0 aliphatic carbocycles. The van der Waals surface area contributed by atoms with Crippen LogP contribution in [0.15, 0.2) is 16.3 Å². The number of hydrogen-bond acceptors (Lipinski definition) is 4. The highest BCUT2D eigenvalue weighted by atomic mass is 32.2. The first-order chi connectivity index (χ1) is 9.07. The predicted molar refractivity (Wildman–Crippen MR) is 78.9 cm³/mol. The lowest BCUT2D eigenvalue weighted by Gasteiger charge is -2.15. The van der Waals surface area contributed by atoms with Crippen molar-refractivity contribution in [3.63, 3.8) is 0 Å². The summed E-state index contributed by atoms with van der Waals surface area (Å²) >= 11 is 1.50. The Labute approximate surface area is 119 Å². The molecule has 0 radical (unpaired) electrons. The zero-order valence-electron chi connectivity index (χ0n) is 11.6. The molecule has 1 unspecified atom stereocenters. The maximum Gasteiger partial charge on any atom is 0.243 e. The second kappa shape index (κ2) is 6.35. The van der Waals surface area contributed by atoms with E-state index in [4.69, 9.17) is 0 Å². The van der Waals surface area contributed by atoms with Gasteiger partial charge in [0.2, 0.25) is 10.0 Å². The first-order valence-corrected chi connectivity index (χ1v) is 9.12. The van der Waals surface area contributed by atoms with E-state index in [1.54, 1.807) is 15.8 Å². The average molecular weight is 302 g/mol. The van der Waals surface area contributed by atoms with Gasteiger partial charge >= 0.3 is 0 Å². The predicted octanol–water partition coefficient (Wildman–Crippen LogP) is 2.28. The second-order valence-corrected chi connectivity index (χ2v) is 8.02. The molecular formula is C13H22N2O2S2. The lowest BCUT2D eigenvalue weighted by molar-refractivity contribution is 0.445. The van der Waals surface area contributed by atoms with E-state index in [0.717, 1.165) is 30.7 Å². The fourth-order valence-electron chi connectivity index (χ4n) is 2.57. The number of nitrogens with one attached hydrogen (secondary N) is 1. The lowest BCUT2D eigenvalue weighted by atomic mass is 10.0. The van der Waals surface area contributed by atoms with Crippen molar-refractivity contribution < 1.29 is 8.42 Å². The number of sulfonamides is 1. The molecule has 0 spiro atoms. The van der Waals surface area contributed by atoms with Crippen LogP contribution in [0.25, 0.3) is 0 Å². The van der Waals surface area contributed by atoms with Crippen molar-refractivity contribution in [2.75, 3.05) is 20.1 Å². The van der Waals surface area contributed by atoms with Crippen molar-refractivity contribution in [3.05, 3.63) is 16.3 Å². The standard InChI is InChI=1S/C13H22N2O2S2/c1-3-4-11-5-6-15(9-11)19(16,17)13-7-12(8-14-2)18-10-13/h7,10-11,14H,3-6,8-9H2,1-2H3. The molecule has 1 aliphatic heterocycles. The summed E-state index contributed by atoms with van der Waals surface area (Å²) in [5.41, 5.74) is 0. The van der Waals surface area contributed by atoms with Gasteiger partial charge in [0.05, 0.1) is 4.90 Å². The van der Waals surface area contributed by atoms with Crippen LogP contribution in [0.4, 0.5) is 0 Å². The molecule has 2 heterocycles. The minimum atomic E-state index is -3.27. The van der Waals surface area contributed by atoms with Crippen LogP contribution >= 0.6 is 11.3 Å². The molecular weight excluding hydrogens is 280 g/mol. The van der Waals surface area contributed by atoms with Crippen LogP contribution in [0.1, 0.15) is 31.1 Å². The Morgan fingerprint density at radius 3 is 3.00 bits per heavy atom. The van der Waals surface area contributed by atoms with E-state index in [1.165, 1.54) is 11.3 Å². The van der Waals surface area contributed by atoms with Crippen molar-refractivity contribution in [3.8, 4) is 0 Å². The molecule has 1 saturated heterocycles. The highest BCUT2D eigenvalue weighted by Crippen LogP contribution is 2.29. The largest absolute Gasteiger partial charge is 0.315 e. The van der Waals surface area contributed by atoms with E-state index in [1.807, 2.05) is 7.05 Å². The van der Waals surface area contributed by atoms with E-state index in [9.17, 15) is 8.42 Å². The molecule has 4 nitrogen and oxygen atoms in total. The van der Waals surface area contributed by atoms with Crippen LogP contribution in [0.5, 0.6) is 0 Å². The number of thiophene rings is 1.